The molecule has 0 spiro atoms. The Morgan fingerprint density at radius 1 is 1.50 bits per heavy atom. The second-order valence-electron chi connectivity index (χ2n) is 3.61. The van der Waals surface area contributed by atoms with E-state index in [9.17, 15) is 8.42 Å². The SMILES string of the molecule is Cc1c(CNS(=O)(=O)c2nnc(N)s2)cnn1C. The topological polar surface area (TPSA) is 116 Å². The molecule has 2 aromatic rings. The Morgan fingerprint density at radius 3 is 2.72 bits per heavy atom. The first-order chi connectivity index (χ1) is 8.40. The summed E-state index contributed by atoms with van der Waals surface area (Å²) in [4.78, 5) is 0. The minimum atomic E-state index is -3.67. The van der Waals surface area contributed by atoms with E-state index in [1.165, 1.54) is 0 Å². The van der Waals surface area contributed by atoms with Crippen molar-refractivity contribution in [2.24, 2.45) is 7.05 Å². The van der Waals surface area contributed by atoms with Gasteiger partial charge in [0.1, 0.15) is 0 Å². The van der Waals surface area contributed by atoms with Crippen LogP contribution in [0.4, 0.5) is 5.13 Å². The molecule has 3 N–H and O–H groups in total. The van der Waals surface area contributed by atoms with Crippen molar-refractivity contribution in [1.82, 2.24) is 24.7 Å². The zero-order valence-electron chi connectivity index (χ0n) is 9.78. The van der Waals surface area contributed by atoms with Gasteiger partial charge in [0, 0.05) is 24.8 Å². The van der Waals surface area contributed by atoms with Crippen LogP contribution in [0, 0.1) is 6.92 Å². The Labute approximate surface area is 108 Å². The largest absolute Gasteiger partial charge is 0.374 e. The van der Waals surface area contributed by atoms with Gasteiger partial charge in [-0.1, -0.05) is 11.3 Å². The van der Waals surface area contributed by atoms with Crippen LogP contribution in [0.3, 0.4) is 0 Å². The van der Waals surface area contributed by atoms with Crippen molar-refractivity contribution in [2.75, 3.05) is 5.73 Å². The van der Waals surface area contributed by atoms with Crippen molar-refractivity contribution < 1.29 is 8.42 Å². The highest BCUT2D eigenvalue weighted by Gasteiger charge is 2.19. The first-order valence-corrected chi connectivity index (χ1v) is 7.26. The number of nitrogens with zero attached hydrogens (tertiary/aromatic N) is 4. The zero-order chi connectivity index (χ0) is 13.3. The van der Waals surface area contributed by atoms with Crippen LogP contribution in [0.5, 0.6) is 0 Å². The van der Waals surface area contributed by atoms with Gasteiger partial charge in [0.25, 0.3) is 10.0 Å². The third-order valence-electron chi connectivity index (χ3n) is 2.44. The average Bonchev–Trinajstić information content (AvgIpc) is 2.86. The first-order valence-electron chi connectivity index (χ1n) is 4.96. The number of hydrogen-bond acceptors (Lipinski definition) is 7. The van der Waals surface area contributed by atoms with Gasteiger partial charge in [-0.3, -0.25) is 4.68 Å². The van der Waals surface area contributed by atoms with Crippen LogP contribution < -0.4 is 10.5 Å². The fourth-order valence-electron chi connectivity index (χ4n) is 1.28. The average molecular weight is 288 g/mol. The van der Waals surface area contributed by atoms with Gasteiger partial charge in [-0.2, -0.15) is 5.10 Å². The molecule has 8 nitrogen and oxygen atoms in total. The minimum absolute atomic E-state index is 0.118. The third kappa shape index (κ3) is 2.49. The van der Waals surface area contributed by atoms with Crippen LogP contribution in [0.2, 0.25) is 0 Å². The molecule has 0 unspecified atom stereocenters. The molecular weight excluding hydrogens is 276 g/mol. The van der Waals surface area contributed by atoms with Crippen molar-refractivity contribution in [3.63, 3.8) is 0 Å². The summed E-state index contributed by atoms with van der Waals surface area (Å²) in [5, 5.41) is 11.1. The van der Waals surface area contributed by atoms with Crippen molar-refractivity contribution in [3.05, 3.63) is 17.5 Å². The van der Waals surface area contributed by atoms with E-state index in [1.807, 2.05) is 6.92 Å². The van der Waals surface area contributed by atoms with Crippen LogP contribution in [0.1, 0.15) is 11.3 Å². The van der Waals surface area contributed by atoms with Gasteiger partial charge in [-0.05, 0) is 6.92 Å². The lowest BCUT2D eigenvalue weighted by Crippen LogP contribution is -2.23. The molecule has 2 heterocycles. The van der Waals surface area contributed by atoms with E-state index in [4.69, 9.17) is 5.73 Å². The van der Waals surface area contributed by atoms with E-state index in [0.717, 1.165) is 22.6 Å². The fraction of sp³-hybridized carbons (Fsp3) is 0.375. The summed E-state index contributed by atoms with van der Waals surface area (Å²) in [6.45, 7) is 2.01. The molecule has 0 amide bonds. The number of nitrogens with two attached hydrogens (primary N) is 1. The van der Waals surface area contributed by atoms with Gasteiger partial charge in [-0.15, -0.1) is 10.2 Å². The van der Waals surface area contributed by atoms with Crippen LogP contribution in [0.25, 0.3) is 0 Å². The molecule has 0 radical (unpaired) electrons. The summed E-state index contributed by atoms with van der Waals surface area (Å²) in [6, 6.07) is 0. The highest BCUT2D eigenvalue weighted by Crippen LogP contribution is 2.17. The Bertz CT molecular complexity index is 659. The number of nitrogen functional groups attached to an aromatic ring is 1. The molecular formula is C8H12N6O2S2. The maximum Gasteiger partial charge on any atom is 0.270 e. The van der Waals surface area contributed by atoms with Gasteiger partial charge >= 0.3 is 0 Å². The monoisotopic (exact) mass is 288 g/mol. The van der Waals surface area contributed by atoms with Crippen LogP contribution >= 0.6 is 11.3 Å². The van der Waals surface area contributed by atoms with E-state index >= 15 is 0 Å². The quantitative estimate of drug-likeness (QED) is 0.793. The maximum absolute atomic E-state index is 11.9. The number of rotatable bonds is 4. The van der Waals surface area contributed by atoms with Crippen LogP contribution in [0.15, 0.2) is 10.5 Å². The Kier molecular flexibility index (Phi) is 3.32. The Hall–Kier alpha value is -1.52. The van der Waals surface area contributed by atoms with Gasteiger partial charge < -0.3 is 5.73 Å². The minimum Gasteiger partial charge on any atom is -0.374 e. The number of sulfonamides is 1. The van der Waals surface area contributed by atoms with E-state index in [2.05, 4.69) is 20.0 Å². The molecule has 0 aliphatic heterocycles. The summed E-state index contributed by atoms with van der Waals surface area (Å²) in [6.07, 6.45) is 1.62. The molecule has 0 bridgehead atoms. The smallest absolute Gasteiger partial charge is 0.270 e. The van der Waals surface area contributed by atoms with Crippen molar-refractivity contribution in [2.45, 2.75) is 17.8 Å². The highest BCUT2D eigenvalue weighted by atomic mass is 32.2. The van der Waals surface area contributed by atoms with Crippen molar-refractivity contribution in [1.29, 1.82) is 0 Å². The third-order valence-corrected chi connectivity index (χ3v) is 4.96. The second-order valence-corrected chi connectivity index (χ2v) is 6.56. The molecule has 18 heavy (non-hydrogen) atoms. The molecule has 10 heteroatoms. The molecule has 0 fully saturated rings. The second kappa shape index (κ2) is 4.63. The summed E-state index contributed by atoms with van der Waals surface area (Å²) in [5.74, 6) is 0. The number of aromatic nitrogens is 4. The Balaban J connectivity index is 2.13. The first kappa shape index (κ1) is 12.9. The number of nitrogens with one attached hydrogen (secondary N) is 1. The van der Waals surface area contributed by atoms with E-state index in [1.54, 1.807) is 17.9 Å². The summed E-state index contributed by atoms with van der Waals surface area (Å²) in [7, 11) is -1.88. The molecule has 0 aromatic carbocycles. The van der Waals surface area contributed by atoms with E-state index < -0.39 is 10.0 Å². The van der Waals surface area contributed by atoms with Crippen LogP contribution in [-0.2, 0) is 23.6 Å². The Morgan fingerprint density at radius 2 is 2.22 bits per heavy atom. The summed E-state index contributed by atoms with van der Waals surface area (Å²) >= 11 is 0.823. The predicted octanol–water partition coefficient (Wildman–Crippen LogP) is -0.359. The lowest BCUT2D eigenvalue weighted by atomic mass is 10.3. The van der Waals surface area contributed by atoms with Gasteiger partial charge in [0.05, 0.1) is 6.20 Å². The molecule has 2 aromatic heterocycles. The normalized spacial score (nSPS) is 11.9. The number of anilines is 1. The van der Waals surface area contributed by atoms with Crippen molar-refractivity contribution in [3.8, 4) is 0 Å². The summed E-state index contributed by atoms with van der Waals surface area (Å²) < 4.78 is 27.7. The van der Waals surface area contributed by atoms with Gasteiger partial charge in [-0.25, -0.2) is 13.1 Å². The van der Waals surface area contributed by atoms with Crippen LogP contribution in [-0.4, -0.2) is 28.4 Å². The maximum atomic E-state index is 11.9. The lowest BCUT2D eigenvalue weighted by Gasteiger charge is -2.03. The van der Waals surface area contributed by atoms with Gasteiger partial charge in [0.15, 0.2) is 0 Å². The highest BCUT2D eigenvalue weighted by molar-refractivity contribution is 7.91. The van der Waals surface area contributed by atoms with Gasteiger partial charge in [0.2, 0.25) is 9.47 Å². The molecule has 0 aliphatic carbocycles. The van der Waals surface area contributed by atoms with E-state index in [0.29, 0.717) is 0 Å². The molecule has 0 saturated heterocycles. The molecule has 0 saturated carbocycles. The molecule has 98 valence electrons. The molecule has 0 aliphatic rings. The fourth-order valence-corrected chi connectivity index (χ4v) is 3.11. The lowest BCUT2D eigenvalue weighted by molar-refractivity contribution is 0.579. The van der Waals surface area contributed by atoms with E-state index in [-0.39, 0.29) is 16.0 Å². The summed E-state index contributed by atoms with van der Waals surface area (Å²) in [5.41, 5.74) is 7.05. The number of aryl methyl sites for hydroxylation is 1. The predicted molar refractivity (Wildman–Crippen MR) is 66.3 cm³/mol. The standard InChI is InChI=1S/C8H12N6O2S2/c1-5-6(3-10-14(5)2)4-11-18(15,16)8-13-12-7(9)17-8/h3,11H,4H2,1-2H3,(H2,9,12). The zero-order valence-corrected chi connectivity index (χ0v) is 11.4. The molecule has 2 rings (SSSR count). The number of hydrogen-bond donors (Lipinski definition) is 2. The van der Waals surface area contributed by atoms with Crippen molar-refractivity contribution >= 4 is 26.5 Å². The molecule has 0 atom stereocenters.